The zero-order chi connectivity index (χ0) is 40.7. The number of benzene rings is 1. The molecule has 4 N–H and O–H groups in total. The second kappa shape index (κ2) is 21.4. The molecule has 3 atom stereocenters. The number of piperidine rings is 1. The summed E-state index contributed by atoms with van der Waals surface area (Å²) in [5.41, 5.74) is -1.02. The van der Waals surface area contributed by atoms with Crippen LogP contribution in [0.3, 0.4) is 0 Å². The Morgan fingerprint density at radius 3 is 1.85 bits per heavy atom. The molecule has 54 heavy (non-hydrogen) atoms. The molecule has 0 bridgehead atoms. The molecule has 1 aromatic rings. The van der Waals surface area contributed by atoms with Crippen LogP contribution < -0.4 is 21.3 Å². The van der Waals surface area contributed by atoms with Crippen LogP contribution in [0.2, 0.25) is 0 Å². The summed E-state index contributed by atoms with van der Waals surface area (Å²) in [6.07, 6.45) is 1.12. The van der Waals surface area contributed by atoms with Crippen molar-refractivity contribution in [3.8, 4) is 0 Å². The third kappa shape index (κ3) is 16.8. The third-order valence-electron chi connectivity index (χ3n) is 8.56. The predicted octanol–water partition coefficient (Wildman–Crippen LogP) is 5.31. The molecule has 1 aliphatic rings. The lowest BCUT2D eigenvalue weighted by Gasteiger charge is -2.36. The minimum absolute atomic E-state index is 0.0168. The van der Waals surface area contributed by atoms with Crippen LogP contribution in [0.15, 0.2) is 30.3 Å². The predicted molar refractivity (Wildman–Crippen MR) is 206 cm³/mol. The number of nitrogens with one attached hydrogen (secondary N) is 4. The van der Waals surface area contributed by atoms with E-state index in [0.29, 0.717) is 32.2 Å². The number of carbonyl (C=O) groups is 5. The summed E-state index contributed by atoms with van der Waals surface area (Å²) in [6.45, 7) is 15.2. The van der Waals surface area contributed by atoms with Gasteiger partial charge in [-0.15, -0.1) is 0 Å². The minimum atomic E-state index is -3.32. The SMILES string of the molecule is COP(=O)(OC)C1CCN(C(=O)[C@@H](CCCCNC(=O)OC(C)(C)C)NC(=O)[C@@H](CC(C)C)NC(=O)[C@@H](Cc2ccccc2)NC(=O)OC(C)(C)C)CC1. The number of ether oxygens (including phenoxy) is 2. The lowest BCUT2D eigenvalue weighted by atomic mass is 10.00. The molecule has 1 fully saturated rings. The highest BCUT2D eigenvalue weighted by Gasteiger charge is 2.39. The van der Waals surface area contributed by atoms with Crippen LogP contribution in [0, 0.1) is 5.92 Å². The van der Waals surface area contributed by atoms with E-state index in [4.69, 9.17) is 18.5 Å². The average Bonchev–Trinajstić information content (AvgIpc) is 3.08. The average molecular weight is 782 g/mol. The van der Waals surface area contributed by atoms with Gasteiger partial charge in [-0.2, -0.15) is 0 Å². The van der Waals surface area contributed by atoms with Gasteiger partial charge in [-0.25, -0.2) is 9.59 Å². The highest BCUT2D eigenvalue weighted by Crippen LogP contribution is 2.55. The van der Waals surface area contributed by atoms with E-state index in [0.717, 1.165) is 5.56 Å². The van der Waals surface area contributed by atoms with Crippen molar-refractivity contribution in [2.45, 2.75) is 135 Å². The fraction of sp³-hybridized carbons (Fsp3) is 0.711. The number of rotatable bonds is 18. The third-order valence-corrected chi connectivity index (χ3v) is 11.0. The quantitative estimate of drug-likeness (QED) is 0.112. The van der Waals surface area contributed by atoms with Crippen molar-refractivity contribution >= 4 is 37.5 Å². The van der Waals surface area contributed by atoms with Gasteiger partial charge < -0.3 is 44.7 Å². The summed E-state index contributed by atoms with van der Waals surface area (Å²) in [4.78, 5) is 68.4. The molecule has 1 aliphatic heterocycles. The van der Waals surface area contributed by atoms with Gasteiger partial charge in [0.1, 0.15) is 29.3 Å². The van der Waals surface area contributed by atoms with Gasteiger partial charge in [-0.3, -0.25) is 18.9 Å². The van der Waals surface area contributed by atoms with Gasteiger partial charge in [0, 0.05) is 40.3 Å². The highest BCUT2D eigenvalue weighted by molar-refractivity contribution is 7.54. The Morgan fingerprint density at radius 2 is 1.31 bits per heavy atom. The summed E-state index contributed by atoms with van der Waals surface area (Å²) in [5, 5.41) is 11.1. The lowest BCUT2D eigenvalue weighted by molar-refractivity contribution is -0.138. The lowest BCUT2D eigenvalue weighted by Crippen LogP contribution is -2.58. The van der Waals surface area contributed by atoms with Gasteiger partial charge in [-0.05, 0) is 91.5 Å². The summed E-state index contributed by atoms with van der Waals surface area (Å²) in [5.74, 6) is -1.45. The largest absolute Gasteiger partial charge is 0.444 e. The number of hydrogen-bond acceptors (Lipinski definition) is 10. The van der Waals surface area contributed by atoms with Crippen LogP contribution in [-0.2, 0) is 43.9 Å². The van der Waals surface area contributed by atoms with Crippen molar-refractivity contribution in [1.82, 2.24) is 26.2 Å². The van der Waals surface area contributed by atoms with E-state index >= 15 is 0 Å². The number of likely N-dealkylation sites (tertiary alicyclic amines) is 1. The smallest absolute Gasteiger partial charge is 0.408 e. The molecule has 2 rings (SSSR count). The van der Waals surface area contributed by atoms with Crippen LogP contribution >= 0.6 is 7.60 Å². The van der Waals surface area contributed by atoms with Crippen LogP contribution in [0.5, 0.6) is 0 Å². The zero-order valence-electron chi connectivity index (χ0n) is 33.8. The Labute approximate surface area is 321 Å². The molecule has 1 heterocycles. The van der Waals surface area contributed by atoms with Gasteiger partial charge in [0.05, 0.1) is 5.66 Å². The van der Waals surface area contributed by atoms with Gasteiger partial charge in [0.25, 0.3) is 0 Å². The van der Waals surface area contributed by atoms with Gasteiger partial charge >= 0.3 is 19.8 Å². The number of carbonyl (C=O) groups excluding carboxylic acids is 5. The van der Waals surface area contributed by atoms with E-state index in [1.165, 1.54) is 14.2 Å². The van der Waals surface area contributed by atoms with Gasteiger partial charge in [-0.1, -0.05) is 44.2 Å². The highest BCUT2D eigenvalue weighted by atomic mass is 31.2. The molecule has 306 valence electrons. The van der Waals surface area contributed by atoms with E-state index in [-0.39, 0.29) is 49.8 Å². The molecule has 5 amide bonds. The molecule has 1 aromatic carbocycles. The van der Waals surface area contributed by atoms with Crippen molar-refractivity contribution in [2.75, 3.05) is 33.9 Å². The number of unbranched alkanes of at least 4 members (excludes halogenated alkanes) is 1. The Kier molecular flexibility index (Phi) is 18.4. The first-order chi connectivity index (χ1) is 25.2. The molecule has 15 nitrogen and oxygen atoms in total. The Balaban J connectivity index is 2.26. The van der Waals surface area contributed by atoms with E-state index in [9.17, 15) is 28.5 Å². The normalized spacial score (nSPS) is 15.8. The monoisotopic (exact) mass is 781 g/mol. The van der Waals surface area contributed by atoms with E-state index < -0.39 is 60.9 Å². The molecular weight excluding hydrogens is 717 g/mol. The molecule has 16 heteroatoms. The fourth-order valence-electron chi connectivity index (χ4n) is 5.99. The number of nitrogens with zero attached hydrogens (tertiary/aromatic N) is 1. The summed E-state index contributed by atoms with van der Waals surface area (Å²) in [7, 11) is -0.640. The Bertz CT molecular complexity index is 1410. The minimum Gasteiger partial charge on any atom is -0.444 e. The maximum absolute atomic E-state index is 14.0. The van der Waals surface area contributed by atoms with E-state index in [1.54, 1.807) is 46.4 Å². The van der Waals surface area contributed by atoms with E-state index in [1.807, 2.05) is 44.2 Å². The maximum atomic E-state index is 14.0. The van der Waals surface area contributed by atoms with E-state index in [2.05, 4.69) is 21.3 Å². The maximum Gasteiger partial charge on any atom is 0.408 e. The first-order valence-corrected chi connectivity index (χ1v) is 20.4. The molecule has 0 spiro atoms. The molecule has 0 saturated carbocycles. The summed E-state index contributed by atoms with van der Waals surface area (Å²) >= 11 is 0. The number of hydrogen-bond donors (Lipinski definition) is 4. The number of amides is 5. The summed E-state index contributed by atoms with van der Waals surface area (Å²) in [6, 6.07) is 6.14. The molecular formula is C38H64N5O10P. The first kappa shape index (κ1) is 46.5. The molecule has 1 saturated heterocycles. The topological polar surface area (TPSA) is 191 Å². The molecule has 0 unspecified atom stereocenters. The van der Waals surface area contributed by atoms with Gasteiger partial charge in [0.2, 0.25) is 17.7 Å². The van der Waals surface area contributed by atoms with Crippen LogP contribution in [0.1, 0.15) is 99.5 Å². The second-order valence-corrected chi connectivity index (χ2v) is 18.6. The van der Waals surface area contributed by atoms with Gasteiger partial charge in [0.15, 0.2) is 0 Å². The Morgan fingerprint density at radius 1 is 0.778 bits per heavy atom. The summed E-state index contributed by atoms with van der Waals surface area (Å²) < 4.78 is 34.1. The zero-order valence-corrected chi connectivity index (χ0v) is 34.7. The van der Waals surface area contributed by atoms with Crippen molar-refractivity contribution < 1.29 is 47.1 Å². The van der Waals surface area contributed by atoms with Crippen molar-refractivity contribution in [3.05, 3.63) is 35.9 Å². The standard InChI is InChI=1S/C38H64N5O10P/c1-26(2)24-30(41-33(45)31(25-27-16-12-11-13-17-27)42-36(48)53-38(6,7)8)32(44)40-29(18-14-15-21-39-35(47)52-37(3,4)5)34(46)43-22-19-28(20-23-43)54(49,50-9)51-10/h11-13,16-17,26,28-31H,14-15,18-25H2,1-10H3,(H,39,47)(H,40,44)(H,41,45)(H,42,48)/t29-,30-,31-/m1/s1. The molecule has 0 aliphatic carbocycles. The molecule has 0 aromatic heterocycles. The van der Waals surface area contributed by atoms with Crippen LogP contribution in [0.4, 0.5) is 9.59 Å². The van der Waals surface area contributed by atoms with Crippen LogP contribution in [0.25, 0.3) is 0 Å². The second-order valence-electron chi connectivity index (χ2n) is 16.0. The van der Waals surface area contributed by atoms with Crippen LogP contribution in [-0.4, -0.2) is 104 Å². The molecule has 0 radical (unpaired) electrons. The van der Waals surface area contributed by atoms with Crippen molar-refractivity contribution in [1.29, 1.82) is 0 Å². The number of alkyl carbamates (subject to hydrolysis) is 2. The fourth-order valence-corrected chi connectivity index (χ4v) is 7.60. The first-order valence-electron chi connectivity index (χ1n) is 18.8. The van der Waals surface area contributed by atoms with Crippen molar-refractivity contribution in [2.24, 2.45) is 5.92 Å². The Hall–Kier alpha value is -3.68. The van der Waals surface area contributed by atoms with Crippen molar-refractivity contribution in [3.63, 3.8) is 0 Å².